The summed E-state index contributed by atoms with van der Waals surface area (Å²) in [5.74, 6) is -0.0366. The molecule has 7 heteroatoms. The highest BCUT2D eigenvalue weighted by atomic mass is 79.9. The van der Waals surface area contributed by atoms with Crippen LogP contribution in [0.2, 0.25) is 0 Å². The van der Waals surface area contributed by atoms with Crippen molar-refractivity contribution in [3.63, 3.8) is 0 Å². The summed E-state index contributed by atoms with van der Waals surface area (Å²) >= 11 is 3.28. The van der Waals surface area contributed by atoms with Crippen molar-refractivity contribution in [3.05, 3.63) is 34.3 Å². The Kier molecular flexibility index (Phi) is 4.04. The Bertz CT molecular complexity index is 559. The van der Waals surface area contributed by atoms with Crippen LogP contribution < -0.4 is 10.9 Å². The third-order valence-corrected chi connectivity index (χ3v) is 5.20. The van der Waals surface area contributed by atoms with E-state index < -0.39 is 9.84 Å². The average Bonchev–Trinajstić information content (AvgIpc) is 2.66. The van der Waals surface area contributed by atoms with Crippen molar-refractivity contribution in [2.75, 3.05) is 11.5 Å². The first-order valence-electron chi connectivity index (χ1n) is 5.49. The van der Waals surface area contributed by atoms with E-state index in [0.29, 0.717) is 16.5 Å². The maximum atomic E-state index is 11.8. The van der Waals surface area contributed by atoms with Gasteiger partial charge < -0.3 is 0 Å². The molecule has 0 aliphatic carbocycles. The predicted octanol–water partition coefficient (Wildman–Crippen LogP) is 0.871. The minimum atomic E-state index is -2.94. The van der Waals surface area contributed by atoms with E-state index in [-0.39, 0.29) is 23.5 Å². The minimum absolute atomic E-state index is 0.0727. The molecule has 0 spiro atoms. The van der Waals surface area contributed by atoms with Crippen LogP contribution in [0.3, 0.4) is 0 Å². The molecule has 18 heavy (non-hydrogen) atoms. The van der Waals surface area contributed by atoms with Gasteiger partial charge in [-0.05, 0) is 34.5 Å². The van der Waals surface area contributed by atoms with Gasteiger partial charge in [-0.25, -0.2) is 13.8 Å². The van der Waals surface area contributed by atoms with E-state index in [9.17, 15) is 13.2 Å². The summed E-state index contributed by atoms with van der Waals surface area (Å²) in [5.41, 5.74) is 5.80. The van der Waals surface area contributed by atoms with E-state index in [4.69, 9.17) is 0 Å². The van der Waals surface area contributed by atoms with Crippen LogP contribution in [0.5, 0.6) is 0 Å². The van der Waals surface area contributed by atoms with Crippen LogP contribution in [-0.2, 0) is 9.84 Å². The van der Waals surface area contributed by atoms with E-state index in [1.54, 1.807) is 18.2 Å². The summed E-state index contributed by atoms with van der Waals surface area (Å²) in [5, 5.41) is 0. The van der Waals surface area contributed by atoms with Crippen LogP contribution in [0.4, 0.5) is 0 Å². The SMILES string of the molecule is O=C(NNC1CCS(=O)(=O)C1)c1ccccc1Br. The summed E-state index contributed by atoms with van der Waals surface area (Å²) in [6.45, 7) is 0. The quantitative estimate of drug-likeness (QED) is 0.805. The van der Waals surface area contributed by atoms with Crippen molar-refractivity contribution in [3.8, 4) is 0 Å². The fraction of sp³-hybridized carbons (Fsp3) is 0.364. The van der Waals surface area contributed by atoms with Crippen molar-refractivity contribution in [2.45, 2.75) is 12.5 Å². The Balaban J connectivity index is 1.92. The van der Waals surface area contributed by atoms with Crippen molar-refractivity contribution in [2.24, 2.45) is 0 Å². The molecule has 0 radical (unpaired) electrons. The molecule has 1 unspecified atom stereocenters. The first-order chi connectivity index (χ1) is 8.48. The number of nitrogens with one attached hydrogen (secondary N) is 2. The number of halogens is 1. The van der Waals surface area contributed by atoms with Gasteiger partial charge >= 0.3 is 0 Å². The molecule has 1 aliphatic heterocycles. The van der Waals surface area contributed by atoms with E-state index in [1.165, 1.54) is 0 Å². The highest BCUT2D eigenvalue weighted by molar-refractivity contribution is 9.10. The molecule has 1 saturated heterocycles. The normalized spacial score (nSPS) is 21.7. The second-order valence-corrected chi connectivity index (χ2v) is 7.26. The first-order valence-corrected chi connectivity index (χ1v) is 8.10. The van der Waals surface area contributed by atoms with Gasteiger partial charge in [0.05, 0.1) is 17.1 Å². The maximum absolute atomic E-state index is 11.8. The number of carbonyl (C=O) groups is 1. The highest BCUT2D eigenvalue weighted by Crippen LogP contribution is 2.15. The van der Waals surface area contributed by atoms with Crippen LogP contribution in [-0.4, -0.2) is 31.9 Å². The van der Waals surface area contributed by atoms with Gasteiger partial charge in [0, 0.05) is 10.5 Å². The summed E-state index contributed by atoms with van der Waals surface area (Å²) in [4.78, 5) is 11.8. The molecule has 5 nitrogen and oxygen atoms in total. The van der Waals surface area contributed by atoms with E-state index in [1.807, 2.05) is 6.07 Å². The number of rotatable bonds is 3. The Morgan fingerprint density at radius 2 is 2.06 bits per heavy atom. The predicted molar refractivity (Wildman–Crippen MR) is 71.8 cm³/mol. The van der Waals surface area contributed by atoms with Gasteiger partial charge in [-0.15, -0.1) is 0 Å². The van der Waals surface area contributed by atoms with Crippen molar-refractivity contribution < 1.29 is 13.2 Å². The minimum Gasteiger partial charge on any atom is -0.287 e. The molecule has 1 atom stereocenters. The summed E-state index contributed by atoms with van der Waals surface area (Å²) in [6.07, 6.45) is 0.526. The Morgan fingerprint density at radius 1 is 1.33 bits per heavy atom. The zero-order valence-electron chi connectivity index (χ0n) is 9.52. The lowest BCUT2D eigenvalue weighted by molar-refractivity contribution is 0.0926. The highest BCUT2D eigenvalue weighted by Gasteiger charge is 2.28. The molecular formula is C11H13BrN2O3S. The zero-order valence-corrected chi connectivity index (χ0v) is 11.9. The molecule has 1 aromatic carbocycles. The topological polar surface area (TPSA) is 75.3 Å². The average molecular weight is 333 g/mol. The lowest BCUT2D eigenvalue weighted by Crippen LogP contribution is -2.45. The van der Waals surface area contributed by atoms with Crippen LogP contribution in [0.1, 0.15) is 16.8 Å². The number of benzene rings is 1. The molecule has 98 valence electrons. The molecule has 2 N–H and O–H groups in total. The first kappa shape index (κ1) is 13.5. The number of amides is 1. The van der Waals surface area contributed by atoms with Crippen LogP contribution in [0.15, 0.2) is 28.7 Å². The van der Waals surface area contributed by atoms with Gasteiger partial charge in [0.2, 0.25) is 0 Å². The van der Waals surface area contributed by atoms with Crippen LogP contribution in [0.25, 0.3) is 0 Å². The number of hydrogen-bond acceptors (Lipinski definition) is 4. The third kappa shape index (κ3) is 3.30. The van der Waals surface area contributed by atoms with Gasteiger partial charge in [0.15, 0.2) is 9.84 Å². The molecule has 0 aromatic heterocycles. The monoisotopic (exact) mass is 332 g/mol. The Labute approximate surface area is 114 Å². The molecule has 1 aliphatic rings. The Hall–Kier alpha value is -0.920. The van der Waals surface area contributed by atoms with Crippen LogP contribution >= 0.6 is 15.9 Å². The summed E-state index contributed by atoms with van der Waals surface area (Å²) in [6, 6.07) is 6.83. The standard InChI is InChI=1S/C11H13BrN2O3S/c12-10-4-2-1-3-9(10)11(15)14-13-8-5-6-18(16,17)7-8/h1-4,8,13H,5-7H2,(H,14,15). The molecule has 2 rings (SSSR count). The second-order valence-electron chi connectivity index (χ2n) is 4.18. The van der Waals surface area contributed by atoms with Crippen molar-refractivity contribution in [1.82, 2.24) is 10.9 Å². The molecule has 1 heterocycles. The van der Waals surface area contributed by atoms with Crippen LogP contribution in [0, 0.1) is 0 Å². The summed E-state index contributed by atoms with van der Waals surface area (Å²) < 4.78 is 23.2. The third-order valence-electron chi connectivity index (χ3n) is 2.74. The lowest BCUT2D eigenvalue weighted by Gasteiger charge is -2.12. The van der Waals surface area contributed by atoms with Crippen molar-refractivity contribution in [1.29, 1.82) is 0 Å². The van der Waals surface area contributed by atoms with Gasteiger partial charge in [-0.2, -0.15) is 0 Å². The molecule has 1 aromatic rings. The van der Waals surface area contributed by atoms with Gasteiger partial charge in [-0.3, -0.25) is 10.2 Å². The molecular weight excluding hydrogens is 320 g/mol. The number of sulfone groups is 1. The van der Waals surface area contributed by atoms with E-state index >= 15 is 0 Å². The molecule has 1 amide bonds. The zero-order chi connectivity index (χ0) is 13.2. The van der Waals surface area contributed by atoms with Gasteiger partial charge in [0.1, 0.15) is 0 Å². The van der Waals surface area contributed by atoms with Gasteiger partial charge in [-0.1, -0.05) is 12.1 Å². The number of hydrazine groups is 1. The number of carbonyl (C=O) groups excluding carboxylic acids is 1. The summed E-state index contributed by atoms with van der Waals surface area (Å²) in [7, 11) is -2.94. The second kappa shape index (κ2) is 5.38. The molecule has 0 bridgehead atoms. The van der Waals surface area contributed by atoms with E-state index in [0.717, 1.165) is 0 Å². The van der Waals surface area contributed by atoms with E-state index in [2.05, 4.69) is 26.8 Å². The molecule has 0 saturated carbocycles. The largest absolute Gasteiger partial charge is 0.287 e. The number of hydrogen-bond donors (Lipinski definition) is 2. The van der Waals surface area contributed by atoms with Crippen molar-refractivity contribution >= 4 is 31.7 Å². The lowest BCUT2D eigenvalue weighted by atomic mass is 10.2. The smallest absolute Gasteiger partial charge is 0.266 e. The fourth-order valence-electron chi connectivity index (χ4n) is 1.79. The van der Waals surface area contributed by atoms with Gasteiger partial charge in [0.25, 0.3) is 5.91 Å². The molecule has 1 fully saturated rings. The maximum Gasteiger partial charge on any atom is 0.266 e. The fourth-order valence-corrected chi connectivity index (χ4v) is 3.93. The Morgan fingerprint density at radius 3 is 2.67 bits per heavy atom.